The number of imidazole rings is 1. The zero-order valence-corrected chi connectivity index (χ0v) is 11.7. The first-order chi connectivity index (χ1) is 10.6. The summed E-state index contributed by atoms with van der Waals surface area (Å²) in [4.78, 5) is 8.62. The molecule has 4 aromatic rings. The van der Waals surface area contributed by atoms with Gasteiger partial charge in [-0.2, -0.15) is 0 Å². The lowest BCUT2D eigenvalue weighted by molar-refractivity contribution is 0.588. The third-order valence-corrected chi connectivity index (χ3v) is 3.80. The van der Waals surface area contributed by atoms with Crippen molar-refractivity contribution in [3.63, 3.8) is 0 Å². The van der Waals surface area contributed by atoms with E-state index in [4.69, 9.17) is 0 Å². The van der Waals surface area contributed by atoms with Crippen LogP contribution < -0.4 is 0 Å². The van der Waals surface area contributed by atoms with Crippen molar-refractivity contribution < 1.29 is 8.78 Å². The van der Waals surface area contributed by atoms with Crippen LogP contribution in [-0.2, 0) is 7.05 Å². The highest BCUT2D eigenvalue weighted by molar-refractivity contribution is 5.96. The first-order valence-corrected chi connectivity index (χ1v) is 6.80. The molecule has 0 spiro atoms. The van der Waals surface area contributed by atoms with Gasteiger partial charge in [-0.3, -0.25) is 4.98 Å². The molecular formula is C17H11F2N3. The molecule has 0 aliphatic carbocycles. The van der Waals surface area contributed by atoms with E-state index in [0.29, 0.717) is 11.3 Å². The number of hydrogen-bond acceptors (Lipinski definition) is 2. The van der Waals surface area contributed by atoms with E-state index in [0.717, 1.165) is 22.4 Å². The lowest BCUT2D eigenvalue weighted by Crippen LogP contribution is -1.95. The number of halogens is 2. The van der Waals surface area contributed by atoms with Gasteiger partial charge in [0.05, 0.1) is 5.52 Å². The van der Waals surface area contributed by atoms with Crippen molar-refractivity contribution >= 4 is 21.8 Å². The Balaban J connectivity index is 2.09. The number of fused-ring (bicyclic) bond motifs is 2. The monoisotopic (exact) mass is 295 g/mol. The van der Waals surface area contributed by atoms with Gasteiger partial charge < -0.3 is 4.57 Å². The fraction of sp³-hybridized carbons (Fsp3) is 0.0588. The van der Waals surface area contributed by atoms with Crippen molar-refractivity contribution in [2.75, 3.05) is 0 Å². The van der Waals surface area contributed by atoms with E-state index in [-0.39, 0.29) is 5.52 Å². The van der Waals surface area contributed by atoms with E-state index in [9.17, 15) is 8.78 Å². The third kappa shape index (κ3) is 1.79. The minimum atomic E-state index is -0.634. The molecule has 0 aliphatic rings. The second kappa shape index (κ2) is 4.59. The van der Waals surface area contributed by atoms with E-state index in [2.05, 4.69) is 9.97 Å². The maximum atomic E-state index is 14.0. The highest BCUT2D eigenvalue weighted by atomic mass is 19.1. The highest BCUT2D eigenvalue weighted by Crippen LogP contribution is 2.30. The summed E-state index contributed by atoms with van der Waals surface area (Å²) >= 11 is 0. The standard InChI is InChI=1S/C17H11F2N3/c1-22-16-14(19)6-11(18)7-15(16)21-17(22)13-9-20-8-10-4-2-3-5-12(10)13/h2-9H,1H3. The highest BCUT2D eigenvalue weighted by Gasteiger charge is 2.16. The number of pyridine rings is 1. The molecule has 0 N–H and O–H groups in total. The zero-order chi connectivity index (χ0) is 15.3. The van der Waals surface area contributed by atoms with Crippen molar-refractivity contribution in [2.45, 2.75) is 0 Å². The average molecular weight is 295 g/mol. The van der Waals surface area contributed by atoms with Crippen LogP contribution >= 0.6 is 0 Å². The summed E-state index contributed by atoms with van der Waals surface area (Å²) in [5.74, 6) is -0.695. The van der Waals surface area contributed by atoms with Gasteiger partial charge >= 0.3 is 0 Å². The fourth-order valence-corrected chi connectivity index (χ4v) is 2.80. The first-order valence-electron chi connectivity index (χ1n) is 6.80. The maximum Gasteiger partial charge on any atom is 0.152 e. The number of benzene rings is 2. The van der Waals surface area contributed by atoms with Gasteiger partial charge in [0.15, 0.2) is 5.82 Å². The van der Waals surface area contributed by atoms with Gasteiger partial charge in [0.1, 0.15) is 17.2 Å². The Morgan fingerprint density at radius 1 is 1.05 bits per heavy atom. The molecule has 22 heavy (non-hydrogen) atoms. The smallest absolute Gasteiger partial charge is 0.152 e. The van der Waals surface area contributed by atoms with Crippen LogP contribution in [0.25, 0.3) is 33.2 Å². The van der Waals surface area contributed by atoms with E-state index in [1.54, 1.807) is 24.0 Å². The summed E-state index contributed by atoms with van der Waals surface area (Å²) in [6.07, 6.45) is 3.46. The van der Waals surface area contributed by atoms with Crippen LogP contribution in [-0.4, -0.2) is 14.5 Å². The van der Waals surface area contributed by atoms with Crippen LogP contribution in [0.3, 0.4) is 0 Å². The second-order valence-corrected chi connectivity index (χ2v) is 5.16. The molecule has 5 heteroatoms. The minimum Gasteiger partial charge on any atom is -0.325 e. The molecule has 0 atom stereocenters. The molecule has 2 heterocycles. The van der Waals surface area contributed by atoms with Crippen molar-refractivity contribution in [3.8, 4) is 11.4 Å². The summed E-state index contributed by atoms with van der Waals surface area (Å²) in [6, 6.07) is 9.87. The van der Waals surface area contributed by atoms with E-state index < -0.39 is 11.6 Å². The predicted molar refractivity (Wildman–Crippen MR) is 81.4 cm³/mol. The normalized spacial score (nSPS) is 11.4. The van der Waals surface area contributed by atoms with Crippen LogP contribution in [0.2, 0.25) is 0 Å². The topological polar surface area (TPSA) is 30.7 Å². The summed E-state index contributed by atoms with van der Waals surface area (Å²) in [6.45, 7) is 0. The van der Waals surface area contributed by atoms with Crippen LogP contribution in [0.15, 0.2) is 48.8 Å². The number of hydrogen-bond donors (Lipinski definition) is 0. The lowest BCUT2D eigenvalue weighted by Gasteiger charge is -2.06. The molecule has 3 nitrogen and oxygen atoms in total. The molecule has 0 aliphatic heterocycles. The lowest BCUT2D eigenvalue weighted by atomic mass is 10.1. The quantitative estimate of drug-likeness (QED) is 0.530. The Kier molecular flexibility index (Phi) is 2.69. The summed E-state index contributed by atoms with van der Waals surface area (Å²) in [5, 5.41) is 1.94. The van der Waals surface area contributed by atoms with Gasteiger partial charge in [-0.05, 0) is 5.39 Å². The minimum absolute atomic E-state index is 0.282. The van der Waals surface area contributed by atoms with E-state index in [1.807, 2.05) is 24.3 Å². The number of aromatic nitrogens is 3. The molecule has 0 fully saturated rings. The Hall–Kier alpha value is -2.82. The maximum absolute atomic E-state index is 14.0. The third-order valence-electron chi connectivity index (χ3n) is 3.80. The van der Waals surface area contributed by atoms with E-state index in [1.165, 1.54) is 6.07 Å². The number of rotatable bonds is 1. The summed E-state index contributed by atoms with van der Waals surface area (Å²) in [7, 11) is 1.72. The fourth-order valence-electron chi connectivity index (χ4n) is 2.80. The molecule has 0 saturated carbocycles. The van der Waals surface area contributed by atoms with Crippen molar-refractivity contribution in [3.05, 3.63) is 60.4 Å². The van der Waals surface area contributed by atoms with Gasteiger partial charge in [-0.1, -0.05) is 24.3 Å². The van der Waals surface area contributed by atoms with Crippen LogP contribution in [0.1, 0.15) is 0 Å². The van der Waals surface area contributed by atoms with Crippen LogP contribution in [0.4, 0.5) is 8.78 Å². The van der Waals surface area contributed by atoms with Crippen molar-refractivity contribution in [1.29, 1.82) is 0 Å². The summed E-state index contributed by atoms with van der Waals surface area (Å²) < 4.78 is 29.1. The Labute approximate surface area is 124 Å². The number of nitrogens with zero attached hydrogens (tertiary/aromatic N) is 3. The van der Waals surface area contributed by atoms with Gasteiger partial charge in [-0.15, -0.1) is 0 Å². The molecule has 2 aromatic heterocycles. The second-order valence-electron chi connectivity index (χ2n) is 5.16. The Morgan fingerprint density at radius 2 is 1.86 bits per heavy atom. The van der Waals surface area contributed by atoms with Gasteiger partial charge in [-0.25, -0.2) is 13.8 Å². The SMILES string of the molecule is Cn1c(-c2cncc3ccccc23)nc2cc(F)cc(F)c21. The van der Waals surface area contributed by atoms with Crippen LogP contribution in [0, 0.1) is 11.6 Å². The van der Waals surface area contributed by atoms with E-state index >= 15 is 0 Å². The molecule has 2 aromatic carbocycles. The van der Waals surface area contributed by atoms with Crippen molar-refractivity contribution in [2.24, 2.45) is 7.05 Å². The molecule has 0 bridgehead atoms. The Bertz CT molecular complexity index is 1020. The molecule has 4 rings (SSSR count). The molecular weight excluding hydrogens is 284 g/mol. The van der Waals surface area contributed by atoms with Gasteiger partial charge in [0.25, 0.3) is 0 Å². The summed E-state index contributed by atoms with van der Waals surface area (Å²) in [5.41, 5.74) is 1.36. The predicted octanol–water partition coefficient (Wildman–Crippen LogP) is 4.07. The van der Waals surface area contributed by atoms with Gasteiger partial charge in [0.2, 0.25) is 0 Å². The first kappa shape index (κ1) is 12.9. The zero-order valence-electron chi connectivity index (χ0n) is 11.7. The molecule has 0 saturated heterocycles. The van der Waals surface area contributed by atoms with Crippen molar-refractivity contribution in [1.82, 2.24) is 14.5 Å². The Morgan fingerprint density at radius 3 is 2.73 bits per heavy atom. The van der Waals surface area contributed by atoms with Crippen LogP contribution in [0.5, 0.6) is 0 Å². The average Bonchev–Trinajstić information content (AvgIpc) is 2.83. The molecule has 0 unspecified atom stereocenters. The molecule has 108 valence electrons. The van der Waals surface area contributed by atoms with Gasteiger partial charge in [0, 0.05) is 42.5 Å². The molecule has 0 radical (unpaired) electrons. The molecule has 0 amide bonds. The largest absolute Gasteiger partial charge is 0.325 e. The number of aryl methyl sites for hydroxylation is 1.